The summed E-state index contributed by atoms with van der Waals surface area (Å²) in [6, 6.07) is -1.75. The van der Waals surface area contributed by atoms with Crippen LogP contribution in [0.1, 0.15) is 6.92 Å². The molecule has 1 amide bonds. The second-order valence-electron chi connectivity index (χ2n) is 14.4. The molecule has 0 aromatic rings. The van der Waals surface area contributed by atoms with Crippen LogP contribution in [-0.2, 0) is 42.7 Å². The molecule has 0 saturated carbocycles. The highest BCUT2D eigenvalue weighted by atomic mass is 16.8. The summed E-state index contributed by atoms with van der Waals surface area (Å²) in [7, 11) is 0. The maximum absolute atomic E-state index is 12.4. The first-order chi connectivity index (χ1) is 27.9. The highest BCUT2D eigenvalue weighted by Crippen LogP contribution is 2.35. The van der Waals surface area contributed by atoms with Gasteiger partial charge in [0.05, 0.1) is 39.6 Å². The van der Waals surface area contributed by atoms with Crippen molar-refractivity contribution in [2.45, 2.75) is 154 Å². The molecule has 4 saturated heterocycles. The maximum Gasteiger partial charge on any atom is 0.217 e. The summed E-state index contributed by atoms with van der Waals surface area (Å²) in [4.78, 5) is 12.4. The number of ether oxygens (including phenoxy) is 8. The largest absolute Gasteiger partial charge is 0.394 e. The lowest BCUT2D eigenvalue weighted by Gasteiger charge is -2.50. The lowest BCUT2D eigenvalue weighted by Crippen LogP contribution is -2.70. The number of aliphatic hydroxyl groups is 17. The van der Waals surface area contributed by atoms with Crippen LogP contribution in [0.5, 0.6) is 0 Å². The van der Waals surface area contributed by atoms with Crippen molar-refractivity contribution in [1.29, 1.82) is 0 Å². The summed E-state index contributed by atoms with van der Waals surface area (Å²) < 4.78 is 44.6. The fourth-order valence-electron chi connectivity index (χ4n) is 7.02. The van der Waals surface area contributed by atoms with Crippen LogP contribution in [0.4, 0.5) is 0 Å². The minimum Gasteiger partial charge on any atom is -0.394 e. The van der Waals surface area contributed by atoms with Crippen molar-refractivity contribution in [2.24, 2.45) is 0 Å². The molecule has 0 radical (unpaired) electrons. The van der Waals surface area contributed by atoms with E-state index in [1.807, 2.05) is 0 Å². The number of amides is 1. The molecule has 27 nitrogen and oxygen atoms in total. The summed E-state index contributed by atoms with van der Waals surface area (Å²) in [5.74, 6) is -0.836. The number of carbonyl (C=O) groups excluding carboxylic acids is 1. The summed E-state index contributed by atoms with van der Waals surface area (Å²) in [5, 5.41) is 178. The van der Waals surface area contributed by atoms with Gasteiger partial charge in [-0.15, -0.1) is 0 Å². The molecule has 18 N–H and O–H groups in total. The van der Waals surface area contributed by atoms with Crippen LogP contribution in [0, 0.1) is 0 Å². The van der Waals surface area contributed by atoms with Crippen molar-refractivity contribution in [3.63, 3.8) is 0 Å². The molecule has 4 rings (SSSR count). The third-order valence-corrected chi connectivity index (χ3v) is 10.4. The van der Waals surface area contributed by atoms with Gasteiger partial charge in [-0.3, -0.25) is 4.79 Å². The lowest BCUT2D eigenvalue weighted by atomic mass is 9.94. The van der Waals surface area contributed by atoms with Crippen LogP contribution in [0.3, 0.4) is 0 Å². The van der Waals surface area contributed by atoms with Gasteiger partial charge in [0.15, 0.2) is 25.2 Å². The van der Waals surface area contributed by atoms with E-state index in [0.29, 0.717) is 0 Å². The maximum atomic E-state index is 12.4. The summed E-state index contributed by atoms with van der Waals surface area (Å²) >= 11 is 0. The Balaban J connectivity index is 1.58. The average Bonchev–Trinajstić information content (AvgIpc) is 3.22. The van der Waals surface area contributed by atoms with Crippen molar-refractivity contribution in [1.82, 2.24) is 5.32 Å². The number of nitrogens with one attached hydrogen (secondary N) is 1. The van der Waals surface area contributed by atoms with E-state index >= 15 is 0 Å². The Kier molecular flexibility index (Phi) is 18.9. The predicted octanol–water partition coefficient (Wildman–Crippen LogP) is -12.1. The molecule has 4 heterocycles. The molecule has 0 aliphatic carbocycles. The van der Waals surface area contributed by atoms with Gasteiger partial charge in [0, 0.05) is 6.92 Å². The normalized spacial score (nSPS) is 45.3. The van der Waals surface area contributed by atoms with Crippen LogP contribution in [0.15, 0.2) is 0 Å². The number of carbonyl (C=O) groups is 1. The summed E-state index contributed by atoms with van der Waals surface area (Å²) in [6.45, 7) is -4.90. The van der Waals surface area contributed by atoms with Crippen LogP contribution in [0.2, 0.25) is 0 Å². The highest BCUT2D eigenvalue weighted by Gasteiger charge is 2.56. The molecular weight excluding hydrogens is 814 g/mol. The minimum absolute atomic E-state index is 0.836. The molecule has 346 valence electrons. The van der Waals surface area contributed by atoms with E-state index in [2.05, 4.69) is 5.32 Å². The first-order valence-electron chi connectivity index (χ1n) is 18.5. The van der Waals surface area contributed by atoms with E-state index in [9.17, 15) is 91.6 Å². The molecule has 59 heavy (non-hydrogen) atoms. The molecular formula is C32H57NO26. The Morgan fingerprint density at radius 1 is 0.508 bits per heavy atom. The number of hydrogen-bond donors (Lipinski definition) is 18. The van der Waals surface area contributed by atoms with Crippen LogP contribution < -0.4 is 5.32 Å². The summed E-state index contributed by atoms with van der Waals surface area (Å²) in [6.07, 6.45) is -43.8. The van der Waals surface area contributed by atoms with Gasteiger partial charge in [0.1, 0.15) is 122 Å². The van der Waals surface area contributed by atoms with Gasteiger partial charge >= 0.3 is 0 Å². The molecule has 4 aliphatic rings. The molecule has 24 atom stereocenters. The Morgan fingerprint density at radius 2 is 0.932 bits per heavy atom. The van der Waals surface area contributed by atoms with E-state index in [1.165, 1.54) is 0 Å². The zero-order valence-electron chi connectivity index (χ0n) is 31.4. The highest BCUT2D eigenvalue weighted by molar-refractivity contribution is 5.73. The molecule has 4 aliphatic heterocycles. The second-order valence-corrected chi connectivity index (χ2v) is 14.4. The molecule has 0 aromatic carbocycles. The molecule has 0 bridgehead atoms. The topological polar surface area (TPSA) is 447 Å². The fraction of sp³-hybridized carbons (Fsp3) is 0.969. The molecule has 4 fully saturated rings. The van der Waals surface area contributed by atoms with Crippen LogP contribution in [-0.4, -0.2) is 280 Å². The first-order valence-corrected chi connectivity index (χ1v) is 18.5. The SMILES string of the molecule is CC(=O)N[C@H]1[C@H](O[C@H]2[C@@H](O)[C@@H](CO)O[C@@H](O[C@@H]([C@H](O)[C@@H](O)CO)[C@H](O)CO)[C@@H]2O)O[C@H](CO)[C@@H](O[C@@H]2O[C@H](CO)[C@H](O)[C@H](O[C@H]3O[C@H](CO)[C@H](O)[C@H](O)[C@H]3O)[C@H]2O)[C@@H]1O. The zero-order chi connectivity index (χ0) is 44.0. The third kappa shape index (κ3) is 11.2. The Bertz CT molecular complexity index is 1280. The average molecular weight is 872 g/mol. The molecule has 0 aromatic heterocycles. The van der Waals surface area contributed by atoms with E-state index < -0.39 is 193 Å². The van der Waals surface area contributed by atoms with E-state index in [1.54, 1.807) is 0 Å². The van der Waals surface area contributed by atoms with Gasteiger partial charge in [-0.25, -0.2) is 0 Å². The van der Waals surface area contributed by atoms with Crippen LogP contribution >= 0.6 is 0 Å². The summed E-state index contributed by atoms with van der Waals surface area (Å²) in [5.41, 5.74) is 0. The quantitative estimate of drug-likeness (QED) is 0.0608. The number of aliphatic hydroxyl groups excluding tert-OH is 17. The predicted molar refractivity (Wildman–Crippen MR) is 180 cm³/mol. The third-order valence-electron chi connectivity index (χ3n) is 10.4. The first kappa shape index (κ1) is 50.1. The van der Waals surface area contributed by atoms with E-state index in [0.717, 1.165) is 6.92 Å². The van der Waals surface area contributed by atoms with Gasteiger partial charge in [-0.2, -0.15) is 0 Å². The Morgan fingerprint density at radius 3 is 1.42 bits per heavy atom. The van der Waals surface area contributed by atoms with E-state index in [-0.39, 0.29) is 0 Å². The van der Waals surface area contributed by atoms with Gasteiger partial charge in [-0.05, 0) is 0 Å². The van der Waals surface area contributed by atoms with Crippen molar-refractivity contribution in [2.75, 3.05) is 39.6 Å². The van der Waals surface area contributed by atoms with Crippen LogP contribution in [0.25, 0.3) is 0 Å². The standard InChI is InChI=1S/C32H57NO26/c1-8(40)33-15-20(47)26(57-32-24(51)28(19(46)13(6-38)54-32)59-30-22(49)21(48)17(44)11(4-36)52-30)14(7-39)55-29(15)58-27-18(45)12(5-37)53-31(23(27)50)56-25(10(42)3-35)16(43)9(41)2-34/h9-32,34-39,41-51H,2-7H2,1H3,(H,33,40)/t9-,10+,11+,12+,13+,14+,15+,16+,17-,18-,19-,20+,21-,22+,23+,24+,25+,26+,27-,28-,29-,30+,31-,32-/m0/s1. The van der Waals surface area contributed by atoms with Gasteiger partial charge in [-0.1, -0.05) is 0 Å². The minimum atomic E-state index is -2.16. The second kappa shape index (κ2) is 22.2. The van der Waals surface area contributed by atoms with Gasteiger partial charge in [0.2, 0.25) is 5.91 Å². The van der Waals surface area contributed by atoms with Crippen molar-refractivity contribution in [3.05, 3.63) is 0 Å². The molecule has 0 unspecified atom stereocenters. The van der Waals surface area contributed by atoms with Gasteiger partial charge in [0.25, 0.3) is 0 Å². The van der Waals surface area contributed by atoms with Gasteiger partial charge < -0.3 is 130 Å². The number of rotatable bonds is 18. The zero-order valence-corrected chi connectivity index (χ0v) is 31.4. The Hall–Kier alpha value is -1.53. The van der Waals surface area contributed by atoms with Crippen molar-refractivity contribution >= 4 is 5.91 Å². The monoisotopic (exact) mass is 871 g/mol. The lowest BCUT2D eigenvalue weighted by molar-refractivity contribution is -0.383. The number of hydrogen-bond acceptors (Lipinski definition) is 26. The van der Waals surface area contributed by atoms with E-state index in [4.69, 9.17) is 37.9 Å². The molecule has 0 spiro atoms. The van der Waals surface area contributed by atoms with Crippen molar-refractivity contribution < 1.29 is 130 Å². The Labute approximate surface area is 334 Å². The van der Waals surface area contributed by atoms with Crippen molar-refractivity contribution in [3.8, 4) is 0 Å². The molecule has 27 heteroatoms. The fourth-order valence-corrected chi connectivity index (χ4v) is 7.02. The smallest absolute Gasteiger partial charge is 0.217 e.